The van der Waals surface area contributed by atoms with Gasteiger partial charge in [-0.15, -0.1) is 0 Å². The molecule has 20 heavy (non-hydrogen) atoms. The topological polar surface area (TPSA) is 110 Å². The predicted molar refractivity (Wildman–Crippen MR) is 65.2 cm³/mol. The summed E-state index contributed by atoms with van der Waals surface area (Å²) in [6.07, 6.45) is -1.28. The maximum Gasteiger partial charge on any atom is 0.356 e. The van der Waals surface area contributed by atoms with E-state index >= 15 is 0 Å². The summed E-state index contributed by atoms with van der Waals surface area (Å²) in [5.41, 5.74) is 0.484. The Morgan fingerprint density at radius 3 is 2.55 bits per heavy atom. The maximum atomic E-state index is 11.5. The summed E-state index contributed by atoms with van der Waals surface area (Å²) < 4.78 is 4.84. The molecule has 1 atom stereocenters. The van der Waals surface area contributed by atoms with Gasteiger partial charge in [0.15, 0.2) is 0 Å². The van der Waals surface area contributed by atoms with Crippen molar-refractivity contribution >= 4 is 17.6 Å². The van der Waals surface area contributed by atoms with Gasteiger partial charge < -0.3 is 14.7 Å². The number of β-lactam (4-membered cyclic amide) rings is 1. The first-order chi connectivity index (χ1) is 9.49. The van der Waals surface area contributed by atoms with E-state index in [1.54, 1.807) is 0 Å². The third-order valence-corrected chi connectivity index (χ3v) is 2.92. The fourth-order valence-electron chi connectivity index (χ4n) is 1.66. The molecule has 1 saturated heterocycles. The number of aliphatic hydroxyl groups is 1. The summed E-state index contributed by atoms with van der Waals surface area (Å²) in [6, 6.07) is 5.48. The Labute approximate surface area is 113 Å². The number of amides is 1. The summed E-state index contributed by atoms with van der Waals surface area (Å²) in [5.74, 6) is -1.22. The van der Waals surface area contributed by atoms with Gasteiger partial charge in [0.25, 0.3) is 5.69 Å². The molecular formula is C12H12N2O6. The van der Waals surface area contributed by atoms with Crippen LogP contribution >= 0.6 is 0 Å². The zero-order chi connectivity index (χ0) is 14.7. The van der Waals surface area contributed by atoms with Crippen LogP contribution < -0.4 is 0 Å². The van der Waals surface area contributed by atoms with E-state index in [0.29, 0.717) is 18.5 Å². The highest BCUT2D eigenvalue weighted by Crippen LogP contribution is 2.15. The standard InChI is InChI=1S/C12H12N2O6/c15-10-5-6-13(10)11(16)12(17)20-7-8-1-3-9(4-2-8)14(18)19/h1-4,11,16H,5-7H2. The third-order valence-electron chi connectivity index (χ3n) is 2.92. The van der Waals surface area contributed by atoms with Gasteiger partial charge in [-0.3, -0.25) is 14.9 Å². The summed E-state index contributed by atoms with van der Waals surface area (Å²) in [7, 11) is 0. The van der Waals surface area contributed by atoms with Crippen LogP contribution in [0.25, 0.3) is 0 Å². The Kier molecular flexibility index (Phi) is 3.94. The van der Waals surface area contributed by atoms with E-state index in [9.17, 15) is 24.8 Å². The number of aliphatic hydroxyl groups excluding tert-OH is 1. The average molecular weight is 280 g/mol. The molecule has 8 nitrogen and oxygen atoms in total. The molecule has 8 heteroatoms. The molecule has 1 aromatic carbocycles. The number of nitro benzene ring substituents is 1. The van der Waals surface area contributed by atoms with Crippen LogP contribution in [0.1, 0.15) is 12.0 Å². The highest BCUT2D eigenvalue weighted by atomic mass is 16.6. The number of esters is 1. The normalized spacial score (nSPS) is 15.4. The van der Waals surface area contributed by atoms with Crippen molar-refractivity contribution in [2.75, 3.05) is 6.54 Å². The molecule has 0 bridgehead atoms. The van der Waals surface area contributed by atoms with Gasteiger partial charge in [-0.2, -0.15) is 0 Å². The zero-order valence-corrected chi connectivity index (χ0v) is 10.4. The van der Waals surface area contributed by atoms with Gasteiger partial charge in [-0.05, 0) is 17.7 Å². The van der Waals surface area contributed by atoms with Crippen molar-refractivity contribution in [3.05, 3.63) is 39.9 Å². The molecule has 106 valence electrons. The smallest absolute Gasteiger partial charge is 0.356 e. The fraction of sp³-hybridized carbons (Fsp3) is 0.333. The molecule has 1 fully saturated rings. The van der Waals surface area contributed by atoms with Crippen LogP contribution in [0.3, 0.4) is 0 Å². The molecule has 0 saturated carbocycles. The quantitative estimate of drug-likeness (QED) is 0.357. The lowest BCUT2D eigenvalue weighted by atomic mass is 10.2. The first kappa shape index (κ1) is 13.9. The lowest BCUT2D eigenvalue weighted by molar-refractivity contribution is -0.384. The minimum absolute atomic E-state index is 0.0636. The first-order valence-corrected chi connectivity index (χ1v) is 5.86. The molecular weight excluding hydrogens is 268 g/mol. The third kappa shape index (κ3) is 2.91. The Hall–Kier alpha value is -2.48. The highest BCUT2D eigenvalue weighted by Gasteiger charge is 2.35. The van der Waals surface area contributed by atoms with Gasteiger partial charge in [0.1, 0.15) is 6.61 Å². The van der Waals surface area contributed by atoms with E-state index in [1.807, 2.05) is 0 Å². The van der Waals surface area contributed by atoms with E-state index in [4.69, 9.17) is 4.74 Å². The molecule has 1 aliphatic rings. The Balaban J connectivity index is 1.86. The highest BCUT2D eigenvalue weighted by molar-refractivity contribution is 5.87. The van der Waals surface area contributed by atoms with Crippen molar-refractivity contribution in [2.24, 2.45) is 0 Å². The summed E-state index contributed by atoms with van der Waals surface area (Å²) in [4.78, 5) is 33.5. The van der Waals surface area contributed by atoms with Crippen molar-refractivity contribution in [3.8, 4) is 0 Å². The molecule has 0 radical (unpaired) electrons. The fourth-order valence-corrected chi connectivity index (χ4v) is 1.66. The number of non-ortho nitro benzene ring substituents is 1. The van der Waals surface area contributed by atoms with Gasteiger partial charge in [-0.25, -0.2) is 4.79 Å². The van der Waals surface area contributed by atoms with Crippen LogP contribution in [0.5, 0.6) is 0 Å². The van der Waals surface area contributed by atoms with E-state index in [-0.39, 0.29) is 18.2 Å². The van der Waals surface area contributed by atoms with Gasteiger partial charge in [-0.1, -0.05) is 0 Å². The molecule has 0 aliphatic carbocycles. The first-order valence-electron chi connectivity index (χ1n) is 5.86. The predicted octanol–water partition coefficient (Wildman–Crippen LogP) is 0.189. The Morgan fingerprint density at radius 2 is 2.10 bits per heavy atom. The van der Waals surface area contributed by atoms with Crippen LogP contribution in [0, 0.1) is 10.1 Å². The van der Waals surface area contributed by atoms with Gasteiger partial charge in [0.2, 0.25) is 12.1 Å². The molecule has 1 N–H and O–H groups in total. The summed E-state index contributed by atoms with van der Waals surface area (Å²) >= 11 is 0. The number of carbonyl (C=O) groups excluding carboxylic acids is 2. The number of ether oxygens (including phenoxy) is 1. The van der Waals surface area contributed by atoms with Crippen molar-refractivity contribution < 1.29 is 24.4 Å². The van der Waals surface area contributed by atoms with Crippen LogP contribution in [0.4, 0.5) is 5.69 Å². The SMILES string of the molecule is O=C(OCc1ccc([N+](=O)[O-])cc1)C(O)N1CCC1=O. The average Bonchev–Trinajstić information content (AvgIpc) is 2.43. The van der Waals surface area contributed by atoms with Gasteiger partial charge >= 0.3 is 5.97 Å². The van der Waals surface area contributed by atoms with Crippen molar-refractivity contribution in [1.82, 2.24) is 4.90 Å². The van der Waals surface area contributed by atoms with Crippen molar-refractivity contribution in [2.45, 2.75) is 19.3 Å². The minimum Gasteiger partial charge on any atom is -0.457 e. The number of rotatable bonds is 5. The van der Waals surface area contributed by atoms with Gasteiger partial charge in [0, 0.05) is 25.1 Å². The maximum absolute atomic E-state index is 11.5. The molecule has 1 heterocycles. The molecule has 0 aromatic heterocycles. The largest absolute Gasteiger partial charge is 0.457 e. The van der Waals surface area contributed by atoms with E-state index in [1.165, 1.54) is 24.3 Å². The number of hydrogen-bond donors (Lipinski definition) is 1. The number of nitrogens with zero attached hydrogens (tertiary/aromatic N) is 2. The number of hydrogen-bond acceptors (Lipinski definition) is 6. The van der Waals surface area contributed by atoms with Crippen LogP contribution in [0.15, 0.2) is 24.3 Å². The second-order valence-corrected chi connectivity index (χ2v) is 4.24. The van der Waals surface area contributed by atoms with Crippen LogP contribution in [-0.4, -0.2) is 39.6 Å². The van der Waals surface area contributed by atoms with E-state index < -0.39 is 17.1 Å². The van der Waals surface area contributed by atoms with Crippen molar-refractivity contribution in [1.29, 1.82) is 0 Å². The van der Waals surface area contributed by atoms with E-state index in [2.05, 4.69) is 0 Å². The number of likely N-dealkylation sites (tertiary alicyclic amines) is 1. The molecule has 1 amide bonds. The van der Waals surface area contributed by atoms with Crippen molar-refractivity contribution in [3.63, 3.8) is 0 Å². The molecule has 1 unspecified atom stereocenters. The number of carbonyl (C=O) groups is 2. The lowest BCUT2D eigenvalue weighted by Crippen LogP contribution is -2.53. The number of benzene rings is 1. The summed E-state index contributed by atoms with van der Waals surface area (Å²) in [5, 5.41) is 20.0. The molecule has 1 aliphatic heterocycles. The monoisotopic (exact) mass is 280 g/mol. The second-order valence-electron chi connectivity index (χ2n) is 4.24. The molecule has 1 aromatic rings. The number of nitro groups is 1. The molecule has 0 spiro atoms. The van der Waals surface area contributed by atoms with Crippen LogP contribution in [-0.2, 0) is 20.9 Å². The Morgan fingerprint density at radius 1 is 1.45 bits per heavy atom. The molecule has 2 rings (SSSR count). The van der Waals surface area contributed by atoms with Gasteiger partial charge in [0.05, 0.1) is 4.92 Å². The lowest BCUT2D eigenvalue weighted by Gasteiger charge is -2.33. The second kappa shape index (κ2) is 5.66. The van der Waals surface area contributed by atoms with E-state index in [0.717, 1.165) is 4.90 Å². The van der Waals surface area contributed by atoms with Crippen LogP contribution in [0.2, 0.25) is 0 Å². The Bertz CT molecular complexity index is 541. The summed E-state index contributed by atoms with van der Waals surface area (Å²) in [6.45, 7) is 0.197. The zero-order valence-electron chi connectivity index (χ0n) is 10.4. The minimum atomic E-state index is -1.59.